The molecule has 0 rings (SSSR count). The van der Waals surface area contributed by atoms with Crippen LogP contribution in [0.15, 0.2) is 0 Å². The van der Waals surface area contributed by atoms with Crippen molar-refractivity contribution in [3.63, 3.8) is 0 Å². The highest BCUT2D eigenvalue weighted by Crippen LogP contribution is 2.25. The summed E-state index contributed by atoms with van der Waals surface area (Å²) in [6.07, 6.45) is 0.666. The van der Waals surface area contributed by atoms with Gasteiger partial charge in [0, 0.05) is 13.7 Å². The molecule has 0 aromatic rings. The van der Waals surface area contributed by atoms with Gasteiger partial charge in [-0.2, -0.15) is 0 Å². The first-order chi connectivity index (χ1) is 8.49. The summed E-state index contributed by atoms with van der Waals surface area (Å²) in [6, 6.07) is 0. The van der Waals surface area contributed by atoms with Gasteiger partial charge in [-0.15, -0.1) is 0 Å². The van der Waals surface area contributed by atoms with E-state index >= 15 is 0 Å². The topological polar surface area (TPSA) is 82.1 Å². The normalized spacial score (nSPS) is 13.9. The van der Waals surface area contributed by atoms with Gasteiger partial charge in [-0.25, -0.2) is 0 Å². The van der Waals surface area contributed by atoms with Crippen molar-refractivity contribution in [3.05, 3.63) is 0 Å². The average Bonchev–Trinajstić information content (AvgIpc) is 2.33. The largest absolute Gasteiger partial charge is 0.480 e. The van der Waals surface area contributed by atoms with E-state index < -0.39 is 17.4 Å². The average molecular weight is 262 g/mol. The number of carbonyl (C=O) groups excluding carboxylic acids is 1. The lowest BCUT2D eigenvalue weighted by molar-refractivity contribution is -0.168. The van der Waals surface area contributed by atoms with Crippen molar-refractivity contribution < 1.29 is 28.9 Å². The minimum absolute atomic E-state index is 0.173. The van der Waals surface area contributed by atoms with E-state index in [9.17, 15) is 9.59 Å². The van der Waals surface area contributed by atoms with Crippen molar-refractivity contribution in [2.75, 3.05) is 33.5 Å². The zero-order chi connectivity index (χ0) is 14.0. The Balaban J connectivity index is 4.12. The summed E-state index contributed by atoms with van der Waals surface area (Å²) in [5.74, 6) is -1.87. The molecule has 0 saturated heterocycles. The molecule has 0 amide bonds. The predicted octanol–water partition coefficient (Wildman–Crippen LogP) is 1.08. The molecule has 0 saturated carbocycles. The summed E-state index contributed by atoms with van der Waals surface area (Å²) in [5.41, 5.74) is -1.50. The van der Waals surface area contributed by atoms with Crippen molar-refractivity contribution >= 4 is 11.9 Å². The van der Waals surface area contributed by atoms with Gasteiger partial charge in [-0.1, -0.05) is 0 Å². The van der Waals surface area contributed by atoms with Gasteiger partial charge < -0.3 is 19.3 Å². The van der Waals surface area contributed by atoms with Crippen LogP contribution in [0.1, 0.15) is 26.7 Å². The van der Waals surface area contributed by atoms with Crippen LogP contribution >= 0.6 is 0 Å². The Kier molecular flexibility index (Phi) is 8.32. The number of hydrogen-bond donors (Lipinski definition) is 1. The van der Waals surface area contributed by atoms with Crippen molar-refractivity contribution in [1.82, 2.24) is 0 Å². The van der Waals surface area contributed by atoms with Crippen LogP contribution in [0.4, 0.5) is 0 Å². The van der Waals surface area contributed by atoms with Crippen LogP contribution in [0.3, 0.4) is 0 Å². The fourth-order valence-corrected chi connectivity index (χ4v) is 1.36. The Labute approximate surface area is 107 Å². The lowest BCUT2D eigenvalue weighted by Gasteiger charge is -2.22. The van der Waals surface area contributed by atoms with E-state index in [0.717, 1.165) is 0 Å². The van der Waals surface area contributed by atoms with Crippen molar-refractivity contribution in [2.45, 2.75) is 26.7 Å². The zero-order valence-corrected chi connectivity index (χ0v) is 11.2. The number of hydrogen-bond acceptors (Lipinski definition) is 5. The maximum atomic E-state index is 11.6. The standard InChI is InChI=1S/C12H22O6/c1-4-18-11(15)12(2,10(13)14)6-5-7-17-9-8-16-3/h4-9H2,1-3H3,(H,13,14). The molecule has 0 aliphatic carbocycles. The second kappa shape index (κ2) is 8.88. The summed E-state index contributed by atoms with van der Waals surface area (Å²) < 4.78 is 14.8. The number of aliphatic carboxylic acids is 1. The molecule has 106 valence electrons. The second-order valence-corrected chi connectivity index (χ2v) is 4.07. The van der Waals surface area contributed by atoms with Gasteiger partial charge in [0.1, 0.15) is 0 Å². The van der Waals surface area contributed by atoms with Crippen LogP contribution in [0.5, 0.6) is 0 Å². The van der Waals surface area contributed by atoms with Gasteiger partial charge in [0.2, 0.25) is 0 Å². The van der Waals surface area contributed by atoms with E-state index in [-0.39, 0.29) is 13.0 Å². The summed E-state index contributed by atoms with van der Waals surface area (Å²) >= 11 is 0. The lowest BCUT2D eigenvalue weighted by Crippen LogP contribution is -2.38. The van der Waals surface area contributed by atoms with Gasteiger partial charge in [0.15, 0.2) is 5.41 Å². The van der Waals surface area contributed by atoms with Crippen LogP contribution in [0, 0.1) is 5.41 Å². The molecular weight excluding hydrogens is 240 g/mol. The Hall–Kier alpha value is -1.14. The minimum Gasteiger partial charge on any atom is -0.480 e. The Morgan fingerprint density at radius 1 is 1.22 bits per heavy atom. The van der Waals surface area contributed by atoms with Crippen LogP contribution < -0.4 is 0 Å². The molecular formula is C12H22O6. The molecule has 1 unspecified atom stereocenters. The number of carbonyl (C=O) groups is 2. The monoisotopic (exact) mass is 262 g/mol. The first kappa shape index (κ1) is 16.9. The molecule has 0 aromatic heterocycles. The molecule has 0 aliphatic heterocycles. The van der Waals surface area contributed by atoms with Crippen molar-refractivity contribution in [2.24, 2.45) is 5.41 Å². The third-order valence-corrected chi connectivity index (χ3v) is 2.60. The summed E-state index contributed by atoms with van der Waals surface area (Å²) in [7, 11) is 1.58. The molecule has 18 heavy (non-hydrogen) atoms. The molecule has 0 spiro atoms. The number of carboxylic acid groups (broad SMARTS) is 1. The highest BCUT2D eigenvalue weighted by atomic mass is 16.5. The number of methoxy groups -OCH3 is 1. The van der Waals surface area contributed by atoms with Gasteiger partial charge in [-0.3, -0.25) is 9.59 Å². The molecule has 6 heteroatoms. The predicted molar refractivity (Wildman–Crippen MR) is 64.3 cm³/mol. The van der Waals surface area contributed by atoms with Crippen LogP contribution in [-0.4, -0.2) is 50.6 Å². The lowest BCUT2D eigenvalue weighted by atomic mass is 9.85. The number of esters is 1. The fraction of sp³-hybridized carbons (Fsp3) is 0.833. The molecule has 0 heterocycles. The number of carboxylic acids is 1. The fourth-order valence-electron chi connectivity index (χ4n) is 1.36. The van der Waals surface area contributed by atoms with Gasteiger partial charge in [0.25, 0.3) is 0 Å². The minimum atomic E-state index is -1.50. The van der Waals surface area contributed by atoms with E-state index in [4.69, 9.17) is 19.3 Å². The van der Waals surface area contributed by atoms with Crippen LogP contribution in [0.2, 0.25) is 0 Å². The maximum absolute atomic E-state index is 11.6. The van der Waals surface area contributed by atoms with E-state index in [1.54, 1.807) is 14.0 Å². The van der Waals surface area contributed by atoms with Gasteiger partial charge >= 0.3 is 11.9 Å². The SMILES string of the molecule is CCOC(=O)C(C)(CCCOCCOC)C(=O)O. The van der Waals surface area contributed by atoms with E-state index in [1.165, 1.54) is 6.92 Å². The molecule has 0 aromatic carbocycles. The highest BCUT2D eigenvalue weighted by molar-refractivity contribution is 5.98. The molecule has 0 bridgehead atoms. The molecule has 1 atom stereocenters. The Bertz CT molecular complexity index is 265. The number of ether oxygens (including phenoxy) is 3. The van der Waals surface area contributed by atoms with Crippen molar-refractivity contribution in [3.8, 4) is 0 Å². The first-order valence-corrected chi connectivity index (χ1v) is 5.96. The van der Waals surface area contributed by atoms with E-state index in [2.05, 4.69) is 0 Å². The quantitative estimate of drug-likeness (QED) is 0.360. The molecule has 0 aliphatic rings. The van der Waals surface area contributed by atoms with Crippen LogP contribution in [-0.2, 0) is 23.8 Å². The zero-order valence-electron chi connectivity index (χ0n) is 11.2. The van der Waals surface area contributed by atoms with Gasteiger partial charge in [-0.05, 0) is 26.7 Å². The van der Waals surface area contributed by atoms with E-state index in [1.807, 2.05) is 0 Å². The highest BCUT2D eigenvalue weighted by Gasteiger charge is 2.42. The third-order valence-electron chi connectivity index (χ3n) is 2.60. The first-order valence-electron chi connectivity index (χ1n) is 5.96. The number of rotatable bonds is 10. The summed E-state index contributed by atoms with van der Waals surface area (Å²) in [6.45, 7) is 4.54. The second-order valence-electron chi connectivity index (χ2n) is 4.07. The molecule has 1 N–H and O–H groups in total. The Morgan fingerprint density at radius 3 is 2.39 bits per heavy atom. The van der Waals surface area contributed by atoms with E-state index in [0.29, 0.717) is 26.2 Å². The summed E-state index contributed by atoms with van der Waals surface area (Å²) in [4.78, 5) is 22.8. The van der Waals surface area contributed by atoms with Crippen LogP contribution in [0.25, 0.3) is 0 Å². The smallest absolute Gasteiger partial charge is 0.323 e. The molecule has 6 nitrogen and oxygen atoms in total. The van der Waals surface area contributed by atoms with Crippen molar-refractivity contribution in [1.29, 1.82) is 0 Å². The Morgan fingerprint density at radius 2 is 1.89 bits per heavy atom. The third kappa shape index (κ3) is 5.46. The van der Waals surface area contributed by atoms with Gasteiger partial charge in [0.05, 0.1) is 19.8 Å². The molecule has 0 fully saturated rings. The summed E-state index contributed by atoms with van der Waals surface area (Å²) in [5, 5.41) is 9.11. The maximum Gasteiger partial charge on any atom is 0.323 e. The molecule has 0 radical (unpaired) electrons.